The van der Waals surface area contributed by atoms with E-state index >= 15 is 0 Å². The van der Waals surface area contributed by atoms with Crippen LogP contribution in [-0.2, 0) is 4.79 Å². The van der Waals surface area contributed by atoms with Crippen LogP contribution in [0.1, 0.15) is 13.3 Å². The van der Waals surface area contributed by atoms with Crippen molar-refractivity contribution in [2.75, 3.05) is 26.2 Å². The molecule has 2 fully saturated rings. The van der Waals surface area contributed by atoms with E-state index in [0.717, 1.165) is 19.5 Å². The number of piperazine rings is 1. The molecule has 7 heteroatoms. The lowest BCUT2D eigenvalue weighted by Crippen LogP contribution is -2.58. The van der Waals surface area contributed by atoms with Crippen molar-refractivity contribution in [1.82, 2.24) is 20.5 Å². The fourth-order valence-electron chi connectivity index (χ4n) is 2.62. The number of urea groups is 1. The molecule has 0 aromatic carbocycles. The minimum absolute atomic E-state index is 0.00553. The second-order valence-electron chi connectivity index (χ2n) is 4.46. The number of rotatable bonds is 3. The topological polar surface area (TPSA) is 90.7 Å². The highest BCUT2D eigenvalue weighted by molar-refractivity contribution is 5.81. The maximum absolute atomic E-state index is 11.6. The van der Waals surface area contributed by atoms with Gasteiger partial charge in [-0.3, -0.25) is 15.1 Å². The number of amides is 3. The van der Waals surface area contributed by atoms with Crippen LogP contribution in [0.2, 0.25) is 0 Å². The fraction of sp³-hybridized carbons (Fsp3) is 0.800. The summed E-state index contributed by atoms with van der Waals surface area (Å²) >= 11 is 0. The van der Waals surface area contributed by atoms with Crippen molar-refractivity contribution >= 4 is 11.9 Å². The minimum Gasteiger partial charge on any atom is -0.336 e. The third-order valence-electron chi connectivity index (χ3n) is 3.54. The van der Waals surface area contributed by atoms with Crippen molar-refractivity contribution in [1.29, 1.82) is 0 Å². The van der Waals surface area contributed by atoms with E-state index in [-0.39, 0.29) is 24.0 Å². The summed E-state index contributed by atoms with van der Waals surface area (Å²) in [5.41, 5.74) is 2.20. The highest BCUT2D eigenvalue weighted by Crippen LogP contribution is 2.17. The van der Waals surface area contributed by atoms with E-state index in [0.29, 0.717) is 13.1 Å². The van der Waals surface area contributed by atoms with Crippen molar-refractivity contribution in [3.63, 3.8) is 0 Å². The Morgan fingerprint density at radius 3 is 3.06 bits per heavy atom. The lowest BCUT2D eigenvalue weighted by atomic mass is 10.1. The SMILES string of the molecule is CCC(C(=O)NN)N1CCN2C(=O)NCC2C1. The Kier molecular flexibility index (Phi) is 3.49. The van der Waals surface area contributed by atoms with Crippen LogP contribution in [0, 0.1) is 0 Å². The second kappa shape index (κ2) is 4.89. The third kappa shape index (κ3) is 2.20. The molecule has 2 aliphatic heterocycles. The smallest absolute Gasteiger partial charge is 0.317 e. The number of nitrogens with one attached hydrogen (secondary N) is 2. The molecule has 0 aromatic rings. The Bertz CT molecular complexity index is 322. The summed E-state index contributed by atoms with van der Waals surface area (Å²) in [4.78, 5) is 27.0. The largest absolute Gasteiger partial charge is 0.336 e. The lowest BCUT2D eigenvalue weighted by molar-refractivity contribution is -0.127. The minimum atomic E-state index is -0.196. The van der Waals surface area contributed by atoms with Gasteiger partial charge < -0.3 is 10.2 Å². The van der Waals surface area contributed by atoms with E-state index in [9.17, 15) is 9.59 Å². The van der Waals surface area contributed by atoms with E-state index in [4.69, 9.17) is 5.84 Å². The highest BCUT2D eigenvalue weighted by Gasteiger charge is 2.38. The number of hydrogen-bond donors (Lipinski definition) is 3. The summed E-state index contributed by atoms with van der Waals surface area (Å²) in [7, 11) is 0. The Hall–Kier alpha value is -1.34. The quantitative estimate of drug-likeness (QED) is 0.317. The van der Waals surface area contributed by atoms with Crippen LogP contribution in [0.25, 0.3) is 0 Å². The molecule has 2 unspecified atom stereocenters. The van der Waals surface area contributed by atoms with Crippen LogP contribution in [-0.4, -0.2) is 60.0 Å². The summed E-state index contributed by atoms with van der Waals surface area (Å²) < 4.78 is 0. The molecule has 0 saturated carbocycles. The molecule has 2 heterocycles. The van der Waals surface area contributed by atoms with Gasteiger partial charge in [0.15, 0.2) is 0 Å². The molecular formula is C10H19N5O2. The highest BCUT2D eigenvalue weighted by atomic mass is 16.2. The number of carbonyl (C=O) groups is 2. The molecule has 0 aliphatic carbocycles. The number of carbonyl (C=O) groups excluding carboxylic acids is 2. The number of hydrogen-bond acceptors (Lipinski definition) is 4. The van der Waals surface area contributed by atoms with Gasteiger partial charge in [-0.25, -0.2) is 10.6 Å². The van der Waals surface area contributed by atoms with E-state index in [1.165, 1.54) is 0 Å². The summed E-state index contributed by atoms with van der Waals surface area (Å²) in [6.45, 7) is 4.74. The van der Waals surface area contributed by atoms with Gasteiger partial charge in [0, 0.05) is 26.2 Å². The molecule has 7 nitrogen and oxygen atoms in total. The molecular weight excluding hydrogens is 222 g/mol. The predicted molar refractivity (Wildman–Crippen MR) is 61.9 cm³/mol. The van der Waals surface area contributed by atoms with Crippen LogP contribution in [0.5, 0.6) is 0 Å². The molecule has 2 saturated heterocycles. The summed E-state index contributed by atoms with van der Waals surface area (Å²) in [5, 5.41) is 2.82. The molecule has 0 spiro atoms. The van der Waals surface area contributed by atoms with Crippen molar-refractivity contribution in [3.05, 3.63) is 0 Å². The zero-order valence-corrected chi connectivity index (χ0v) is 9.98. The first-order valence-electron chi connectivity index (χ1n) is 5.96. The maximum Gasteiger partial charge on any atom is 0.317 e. The van der Waals surface area contributed by atoms with Crippen molar-refractivity contribution in [3.8, 4) is 0 Å². The number of fused-ring (bicyclic) bond motifs is 1. The van der Waals surface area contributed by atoms with Gasteiger partial charge in [-0.1, -0.05) is 6.92 Å². The Labute approximate surface area is 100 Å². The van der Waals surface area contributed by atoms with E-state index in [1.54, 1.807) is 0 Å². The normalized spacial score (nSPS) is 26.4. The van der Waals surface area contributed by atoms with Gasteiger partial charge in [-0.2, -0.15) is 0 Å². The number of nitrogens with two attached hydrogens (primary N) is 1. The second-order valence-corrected chi connectivity index (χ2v) is 4.46. The summed E-state index contributed by atoms with van der Waals surface area (Å²) in [6, 6.07) is -0.0142. The molecule has 0 radical (unpaired) electrons. The average molecular weight is 241 g/mol. The predicted octanol–water partition coefficient (Wildman–Crippen LogP) is -1.54. The summed E-state index contributed by atoms with van der Waals surface area (Å²) in [6.07, 6.45) is 0.719. The van der Waals surface area contributed by atoms with Crippen LogP contribution < -0.4 is 16.6 Å². The number of hydrazine groups is 1. The van der Waals surface area contributed by atoms with Crippen molar-refractivity contribution in [2.24, 2.45) is 5.84 Å². The zero-order chi connectivity index (χ0) is 12.4. The first kappa shape index (κ1) is 12.1. The zero-order valence-electron chi connectivity index (χ0n) is 9.98. The van der Waals surface area contributed by atoms with Crippen LogP contribution in [0.4, 0.5) is 4.79 Å². The van der Waals surface area contributed by atoms with Gasteiger partial charge in [-0.15, -0.1) is 0 Å². The monoisotopic (exact) mass is 241 g/mol. The van der Waals surface area contributed by atoms with Gasteiger partial charge in [0.05, 0.1) is 12.1 Å². The van der Waals surface area contributed by atoms with Gasteiger partial charge >= 0.3 is 6.03 Å². The van der Waals surface area contributed by atoms with E-state index in [1.807, 2.05) is 11.8 Å². The molecule has 0 bridgehead atoms. The first-order chi connectivity index (χ1) is 8.17. The number of nitrogens with zero attached hydrogens (tertiary/aromatic N) is 2. The molecule has 2 rings (SSSR count). The van der Waals surface area contributed by atoms with E-state index < -0.39 is 0 Å². The van der Waals surface area contributed by atoms with E-state index in [2.05, 4.69) is 15.6 Å². The van der Waals surface area contributed by atoms with Crippen LogP contribution in [0.3, 0.4) is 0 Å². The fourth-order valence-corrected chi connectivity index (χ4v) is 2.62. The molecule has 2 aliphatic rings. The molecule has 0 aromatic heterocycles. The standard InChI is InChI=1S/C10H19N5O2/c1-2-8(9(16)13-11)14-3-4-15-7(6-14)5-12-10(15)17/h7-8H,2-6,11H2,1H3,(H,12,17)(H,13,16). The van der Waals surface area contributed by atoms with Gasteiger partial charge in [0.2, 0.25) is 0 Å². The average Bonchev–Trinajstić information content (AvgIpc) is 2.71. The Morgan fingerprint density at radius 2 is 2.41 bits per heavy atom. The summed E-state index contributed by atoms with van der Waals surface area (Å²) in [5.74, 6) is 5.03. The van der Waals surface area contributed by atoms with Crippen LogP contribution in [0.15, 0.2) is 0 Å². The third-order valence-corrected chi connectivity index (χ3v) is 3.54. The van der Waals surface area contributed by atoms with Crippen molar-refractivity contribution < 1.29 is 9.59 Å². The first-order valence-corrected chi connectivity index (χ1v) is 5.96. The lowest BCUT2D eigenvalue weighted by Gasteiger charge is -2.39. The van der Waals surface area contributed by atoms with Gasteiger partial charge in [0.1, 0.15) is 0 Å². The Balaban J connectivity index is 2.00. The molecule has 4 N–H and O–H groups in total. The Morgan fingerprint density at radius 1 is 1.65 bits per heavy atom. The van der Waals surface area contributed by atoms with Crippen molar-refractivity contribution in [2.45, 2.75) is 25.4 Å². The molecule has 96 valence electrons. The molecule has 3 amide bonds. The van der Waals surface area contributed by atoms with Crippen LogP contribution >= 0.6 is 0 Å². The molecule has 17 heavy (non-hydrogen) atoms. The maximum atomic E-state index is 11.6. The van der Waals surface area contributed by atoms with Gasteiger partial charge in [0.25, 0.3) is 5.91 Å². The van der Waals surface area contributed by atoms with Gasteiger partial charge in [-0.05, 0) is 6.42 Å². The molecule has 2 atom stereocenters.